The van der Waals surface area contributed by atoms with Crippen molar-refractivity contribution in [3.63, 3.8) is 0 Å². The summed E-state index contributed by atoms with van der Waals surface area (Å²) in [5, 5.41) is 12.2. The number of carbonyl (C=O) groups excluding carboxylic acids is 2. The van der Waals surface area contributed by atoms with Crippen LogP contribution < -0.4 is 11.1 Å². The average molecular weight is 527 g/mol. The van der Waals surface area contributed by atoms with Crippen LogP contribution in [0.3, 0.4) is 0 Å². The van der Waals surface area contributed by atoms with Gasteiger partial charge < -0.3 is 16.2 Å². The number of Topliss-reactive ketones (excluding diaryl/α,β-unsaturated/α-hetero) is 1. The second-order valence-electron chi connectivity index (χ2n) is 8.80. The van der Waals surface area contributed by atoms with E-state index in [0.717, 1.165) is 12.0 Å². The second-order valence-corrected chi connectivity index (χ2v) is 9.16. The van der Waals surface area contributed by atoms with Crippen LogP contribution in [0.15, 0.2) is 24.3 Å². The zero-order valence-corrected chi connectivity index (χ0v) is 21.0. The van der Waals surface area contributed by atoms with Crippen molar-refractivity contribution >= 4 is 89.4 Å². The molecule has 0 spiro atoms. The summed E-state index contributed by atoms with van der Waals surface area (Å²) in [5.74, 6) is -1.66. The van der Waals surface area contributed by atoms with Crippen molar-refractivity contribution in [3.8, 4) is 0 Å². The van der Waals surface area contributed by atoms with Crippen molar-refractivity contribution in [1.29, 1.82) is 0 Å². The first-order valence-electron chi connectivity index (χ1n) is 12.4. The van der Waals surface area contributed by atoms with E-state index in [0.29, 0.717) is 25.7 Å². The molecule has 2 atom stereocenters. The minimum absolute atomic E-state index is 0. The molecule has 0 aliphatic heterocycles. The molecule has 1 amide bonds. The Labute approximate surface area is 261 Å². The summed E-state index contributed by atoms with van der Waals surface area (Å²) in [7, 11) is 0. The standard InChI is InChI=1S/C26H42N2O4S.2Na.2H/c1-2-3-4-5-6-7-8-11-20-14-16-21(17-15-20)23(26(31)32)13-10-9-12-22(29)18-28-25(30)24(27)19-33;;;;/h14-17,23-24,33H,2-13,18-19,27H2,1H3,(H,28,30)(H,31,32);;;;/t23-,24+;;;;/m1..../s1. The molecule has 4 N–H and O–H groups in total. The molecule has 0 radical (unpaired) electrons. The number of unbranched alkanes of at least 4 members (excludes halogenated alkanes) is 7. The first-order chi connectivity index (χ1) is 15.9. The third-order valence-electron chi connectivity index (χ3n) is 5.94. The maximum atomic E-state index is 11.9. The van der Waals surface area contributed by atoms with Gasteiger partial charge >= 0.3 is 65.1 Å². The Hall–Kier alpha value is 0.140. The molecule has 0 bridgehead atoms. The fraction of sp³-hybridized carbons (Fsp3) is 0.654. The number of rotatable bonds is 19. The number of nitrogens with two attached hydrogens (primary N) is 1. The van der Waals surface area contributed by atoms with Gasteiger partial charge in [-0.2, -0.15) is 12.6 Å². The molecule has 0 aliphatic carbocycles. The molecule has 190 valence electrons. The Morgan fingerprint density at radius 3 is 2.11 bits per heavy atom. The number of aryl methyl sites for hydroxylation is 1. The van der Waals surface area contributed by atoms with Crippen LogP contribution in [0, 0.1) is 0 Å². The van der Waals surface area contributed by atoms with E-state index in [2.05, 4.69) is 24.9 Å². The number of carboxylic acids is 1. The fourth-order valence-corrected chi connectivity index (χ4v) is 3.96. The summed E-state index contributed by atoms with van der Waals surface area (Å²) < 4.78 is 0. The van der Waals surface area contributed by atoms with Gasteiger partial charge in [-0.3, -0.25) is 14.4 Å². The Kier molecular flexibility index (Phi) is 24.8. The van der Waals surface area contributed by atoms with Gasteiger partial charge in [0.15, 0.2) is 5.78 Å². The number of hydrogen-bond donors (Lipinski definition) is 4. The van der Waals surface area contributed by atoms with Gasteiger partial charge in [0.25, 0.3) is 0 Å². The van der Waals surface area contributed by atoms with Gasteiger partial charge in [0.2, 0.25) is 5.91 Å². The van der Waals surface area contributed by atoms with Crippen LogP contribution in [0.2, 0.25) is 0 Å². The SMILES string of the molecule is CCCCCCCCCc1ccc([C@@H](CCCCC(=O)CNC(=O)[C@@H](N)CS)C(=O)O)cc1.[NaH].[NaH]. The average Bonchev–Trinajstić information content (AvgIpc) is 2.81. The number of thiol groups is 1. The third-order valence-corrected chi connectivity index (χ3v) is 6.33. The number of nitrogens with one attached hydrogen (secondary N) is 1. The van der Waals surface area contributed by atoms with E-state index in [-0.39, 0.29) is 83.1 Å². The van der Waals surface area contributed by atoms with E-state index in [9.17, 15) is 19.5 Å². The third kappa shape index (κ3) is 17.3. The van der Waals surface area contributed by atoms with Gasteiger partial charge in [-0.05, 0) is 36.8 Å². The minimum atomic E-state index is -0.839. The predicted molar refractivity (Wildman–Crippen MR) is 151 cm³/mol. The zero-order chi connectivity index (χ0) is 24.5. The summed E-state index contributed by atoms with van der Waals surface area (Å²) >= 11 is 3.95. The van der Waals surface area contributed by atoms with Crippen LogP contribution in [0.4, 0.5) is 0 Å². The molecule has 35 heavy (non-hydrogen) atoms. The monoisotopic (exact) mass is 526 g/mol. The molecule has 0 aromatic heterocycles. The van der Waals surface area contributed by atoms with E-state index < -0.39 is 17.9 Å². The topological polar surface area (TPSA) is 109 Å². The number of benzene rings is 1. The Bertz CT molecular complexity index is 720. The molecular weight excluding hydrogens is 482 g/mol. The van der Waals surface area contributed by atoms with E-state index >= 15 is 0 Å². The van der Waals surface area contributed by atoms with Crippen molar-refractivity contribution in [1.82, 2.24) is 5.32 Å². The maximum absolute atomic E-state index is 11.9. The number of amides is 1. The van der Waals surface area contributed by atoms with Gasteiger partial charge in [-0.25, -0.2) is 0 Å². The Morgan fingerprint density at radius 1 is 0.943 bits per heavy atom. The molecule has 0 heterocycles. The molecular formula is C26H44N2Na2O4S. The van der Waals surface area contributed by atoms with E-state index in [1.807, 2.05) is 24.3 Å². The number of ketones is 1. The second kappa shape index (κ2) is 23.3. The van der Waals surface area contributed by atoms with Crippen LogP contribution in [-0.2, 0) is 20.8 Å². The van der Waals surface area contributed by atoms with Crippen LogP contribution in [0.5, 0.6) is 0 Å². The summed E-state index contributed by atoms with van der Waals surface area (Å²) in [6, 6.07) is 7.23. The molecule has 0 saturated heterocycles. The number of hydrogen-bond acceptors (Lipinski definition) is 5. The summed E-state index contributed by atoms with van der Waals surface area (Å²) in [4.78, 5) is 35.3. The van der Waals surface area contributed by atoms with E-state index in [1.54, 1.807) is 0 Å². The van der Waals surface area contributed by atoms with Crippen LogP contribution in [-0.4, -0.2) is 100 Å². The van der Waals surface area contributed by atoms with Crippen molar-refractivity contribution in [3.05, 3.63) is 35.4 Å². The summed E-state index contributed by atoms with van der Waals surface area (Å²) in [6.07, 6.45) is 12.0. The quantitative estimate of drug-likeness (QED) is 0.126. The molecule has 0 saturated carbocycles. The van der Waals surface area contributed by atoms with E-state index in [4.69, 9.17) is 5.73 Å². The van der Waals surface area contributed by atoms with Crippen molar-refractivity contribution in [2.45, 2.75) is 95.9 Å². The molecule has 0 unspecified atom stereocenters. The first kappa shape index (κ1) is 37.3. The molecule has 1 aromatic rings. The van der Waals surface area contributed by atoms with Gasteiger partial charge in [0.05, 0.1) is 18.5 Å². The van der Waals surface area contributed by atoms with Crippen molar-refractivity contribution in [2.24, 2.45) is 5.73 Å². The van der Waals surface area contributed by atoms with Crippen molar-refractivity contribution in [2.75, 3.05) is 12.3 Å². The number of carboxylic acid groups (broad SMARTS) is 1. The van der Waals surface area contributed by atoms with Crippen LogP contribution in [0.25, 0.3) is 0 Å². The molecule has 1 rings (SSSR count). The summed E-state index contributed by atoms with van der Waals surface area (Å²) in [5.41, 5.74) is 7.61. The normalized spacial score (nSPS) is 12.1. The number of carbonyl (C=O) groups is 3. The van der Waals surface area contributed by atoms with Gasteiger partial charge in [-0.1, -0.05) is 76.1 Å². The fourth-order valence-electron chi connectivity index (χ4n) is 3.79. The number of aliphatic carboxylic acids is 1. The molecule has 1 aromatic carbocycles. The van der Waals surface area contributed by atoms with Gasteiger partial charge in [-0.15, -0.1) is 0 Å². The van der Waals surface area contributed by atoms with E-state index in [1.165, 1.54) is 50.5 Å². The predicted octanol–water partition coefficient (Wildman–Crippen LogP) is 3.35. The van der Waals surface area contributed by atoms with Gasteiger partial charge in [0, 0.05) is 12.2 Å². The Balaban J connectivity index is 0. The van der Waals surface area contributed by atoms with Crippen LogP contribution in [0.1, 0.15) is 94.6 Å². The zero-order valence-electron chi connectivity index (χ0n) is 20.1. The van der Waals surface area contributed by atoms with Gasteiger partial charge in [0.1, 0.15) is 0 Å². The van der Waals surface area contributed by atoms with Crippen molar-refractivity contribution < 1.29 is 19.5 Å². The molecule has 0 aliphatic rings. The van der Waals surface area contributed by atoms with Crippen LogP contribution >= 0.6 is 12.6 Å². The molecule has 9 heteroatoms. The summed E-state index contributed by atoms with van der Waals surface area (Å²) in [6.45, 7) is 2.18. The first-order valence-corrected chi connectivity index (χ1v) is 13.0. The molecule has 6 nitrogen and oxygen atoms in total. The molecule has 0 fully saturated rings. The Morgan fingerprint density at radius 2 is 1.54 bits per heavy atom.